The molecule has 1 aliphatic carbocycles. The van der Waals surface area contributed by atoms with E-state index in [1.165, 1.54) is 0 Å². The van der Waals surface area contributed by atoms with Crippen LogP contribution in [0.2, 0.25) is 0 Å². The Balaban J connectivity index is 2.15. The summed E-state index contributed by atoms with van der Waals surface area (Å²) in [6.45, 7) is 1.67. The van der Waals surface area contributed by atoms with Crippen molar-refractivity contribution >= 4 is 23.5 Å². The number of Topliss-reactive ketones (excluding diaryl/α,β-unsaturated/α-hetero) is 1. The molecule has 1 heterocycles. The number of ketones is 1. The summed E-state index contributed by atoms with van der Waals surface area (Å²) in [6, 6.07) is 4.90. The molecular formula is C17H19N5O2. The normalized spacial score (nSPS) is 19.5. The minimum Gasteiger partial charge on any atom is -0.507 e. The van der Waals surface area contributed by atoms with E-state index in [-0.39, 0.29) is 11.5 Å². The van der Waals surface area contributed by atoms with Gasteiger partial charge in [0.2, 0.25) is 0 Å². The number of amidine groups is 2. The summed E-state index contributed by atoms with van der Waals surface area (Å²) >= 11 is 0. The molecule has 0 spiro atoms. The van der Waals surface area contributed by atoms with Crippen LogP contribution < -0.4 is 16.8 Å². The van der Waals surface area contributed by atoms with E-state index >= 15 is 0 Å². The highest BCUT2D eigenvalue weighted by Gasteiger charge is 2.31. The minimum atomic E-state index is -0.166. The van der Waals surface area contributed by atoms with Gasteiger partial charge in [-0.05, 0) is 18.2 Å². The van der Waals surface area contributed by atoms with E-state index in [1.807, 2.05) is 0 Å². The zero-order valence-electron chi connectivity index (χ0n) is 13.1. The molecule has 0 saturated carbocycles. The molecule has 24 heavy (non-hydrogen) atoms. The third-order valence-electron chi connectivity index (χ3n) is 3.74. The predicted octanol–water partition coefficient (Wildman–Crippen LogP) is 0.216. The van der Waals surface area contributed by atoms with Crippen molar-refractivity contribution in [3.63, 3.8) is 0 Å². The first-order valence-electron chi connectivity index (χ1n) is 7.72. The Morgan fingerprint density at radius 2 is 1.79 bits per heavy atom. The summed E-state index contributed by atoms with van der Waals surface area (Å²) in [4.78, 5) is 21.6. The Labute approximate surface area is 139 Å². The average Bonchev–Trinajstić information content (AvgIpc) is 2.59. The SMILES string of the molecule is NCCN=C1C=C2C(=O)c3cccc(O)c3C=C2C(=NCCN)N1. The van der Waals surface area contributed by atoms with Crippen LogP contribution in [-0.4, -0.2) is 48.7 Å². The molecule has 0 radical (unpaired) electrons. The average molecular weight is 325 g/mol. The molecule has 0 aromatic heterocycles. The molecule has 0 bridgehead atoms. The molecular weight excluding hydrogens is 306 g/mol. The number of aromatic hydroxyl groups is 1. The lowest BCUT2D eigenvalue weighted by Crippen LogP contribution is -2.39. The van der Waals surface area contributed by atoms with Crippen molar-refractivity contribution in [1.29, 1.82) is 0 Å². The van der Waals surface area contributed by atoms with Crippen LogP contribution in [0.3, 0.4) is 0 Å². The number of rotatable bonds is 4. The van der Waals surface area contributed by atoms with Crippen molar-refractivity contribution in [2.45, 2.75) is 0 Å². The van der Waals surface area contributed by atoms with Gasteiger partial charge in [0.15, 0.2) is 5.78 Å². The maximum atomic E-state index is 12.8. The number of phenols is 1. The van der Waals surface area contributed by atoms with E-state index in [2.05, 4.69) is 15.3 Å². The summed E-state index contributed by atoms with van der Waals surface area (Å²) in [5.74, 6) is 0.963. The van der Waals surface area contributed by atoms with Gasteiger partial charge in [-0.1, -0.05) is 12.1 Å². The number of nitrogens with two attached hydrogens (primary N) is 2. The highest BCUT2D eigenvalue weighted by atomic mass is 16.3. The van der Waals surface area contributed by atoms with Gasteiger partial charge in [-0.3, -0.25) is 14.8 Å². The van der Waals surface area contributed by atoms with Gasteiger partial charge < -0.3 is 21.9 Å². The standard InChI is InChI=1S/C17H19N5O2/c18-4-6-20-15-9-12-13(17(22-15)21-7-5-19)8-11-10(16(12)24)2-1-3-14(11)23/h1-3,8-9,23H,4-7,18-19H2,(H,20,21,22). The zero-order valence-corrected chi connectivity index (χ0v) is 13.1. The quantitative estimate of drug-likeness (QED) is 0.630. The lowest BCUT2D eigenvalue weighted by atomic mass is 9.84. The first-order valence-corrected chi connectivity index (χ1v) is 7.72. The Kier molecular flexibility index (Phi) is 4.54. The monoisotopic (exact) mass is 325 g/mol. The molecule has 6 N–H and O–H groups in total. The van der Waals surface area contributed by atoms with Crippen LogP contribution in [0, 0.1) is 0 Å². The fourth-order valence-electron chi connectivity index (χ4n) is 2.66. The maximum absolute atomic E-state index is 12.8. The summed E-state index contributed by atoms with van der Waals surface area (Å²) in [6.07, 6.45) is 3.46. The van der Waals surface area contributed by atoms with Crippen molar-refractivity contribution in [2.75, 3.05) is 26.2 Å². The lowest BCUT2D eigenvalue weighted by Gasteiger charge is -2.25. The van der Waals surface area contributed by atoms with Crippen LogP contribution in [-0.2, 0) is 0 Å². The topological polar surface area (TPSA) is 126 Å². The number of aliphatic imine (C=N–C) groups is 2. The van der Waals surface area contributed by atoms with E-state index in [4.69, 9.17) is 11.5 Å². The Morgan fingerprint density at radius 3 is 2.54 bits per heavy atom. The first kappa shape index (κ1) is 16.1. The van der Waals surface area contributed by atoms with Crippen LogP contribution in [0.25, 0.3) is 6.08 Å². The lowest BCUT2D eigenvalue weighted by molar-refractivity contribution is 0.103. The number of benzene rings is 1. The molecule has 0 atom stereocenters. The van der Waals surface area contributed by atoms with Gasteiger partial charge in [-0.25, -0.2) is 0 Å². The van der Waals surface area contributed by atoms with Gasteiger partial charge in [0.25, 0.3) is 0 Å². The second-order valence-corrected chi connectivity index (χ2v) is 5.38. The Hall–Kier alpha value is -2.77. The van der Waals surface area contributed by atoms with Crippen LogP contribution >= 0.6 is 0 Å². The largest absolute Gasteiger partial charge is 0.507 e. The third-order valence-corrected chi connectivity index (χ3v) is 3.74. The Bertz CT molecular complexity index is 805. The maximum Gasteiger partial charge on any atom is 0.194 e. The van der Waals surface area contributed by atoms with E-state index in [1.54, 1.807) is 30.4 Å². The number of carbonyl (C=O) groups is 1. The summed E-state index contributed by atoms with van der Waals surface area (Å²) in [7, 11) is 0. The molecule has 7 heteroatoms. The summed E-state index contributed by atoms with van der Waals surface area (Å²) in [5.41, 5.74) is 13.1. The van der Waals surface area contributed by atoms with Crippen LogP contribution in [0.1, 0.15) is 15.9 Å². The van der Waals surface area contributed by atoms with Crippen LogP contribution in [0.5, 0.6) is 5.75 Å². The Morgan fingerprint density at radius 1 is 1.04 bits per heavy atom. The molecule has 1 aliphatic heterocycles. The number of carbonyl (C=O) groups excluding carboxylic acids is 1. The van der Waals surface area contributed by atoms with Gasteiger partial charge in [0.05, 0.1) is 13.1 Å². The molecule has 1 aromatic rings. The molecule has 0 unspecified atom stereocenters. The van der Waals surface area contributed by atoms with Crippen molar-refractivity contribution in [2.24, 2.45) is 21.5 Å². The van der Waals surface area contributed by atoms with E-state index in [0.717, 1.165) is 0 Å². The number of hydrogen-bond acceptors (Lipinski definition) is 6. The fraction of sp³-hybridized carbons (Fsp3) is 0.235. The molecule has 1 aromatic carbocycles. The molecule has 2 aliphatic rings. The summed E-state index contributed by atoms with van der Waals surface area (Å²) in [5, 5.41) is 13.2. The summed E-state index contributed by atoms with van der Waals surface area (Å²) < 4.78 is 0. The predicted molar refractivity (Wildman–Crippen MR) is 94.3 cm³/mol. The van der Waals surface area contributed by atoms with Crippen molar-refractivity contribution in [3.8, 4) is 5.75 Å². The minimum absolute atomic E-state index is 0.0631. The van der Waals surface area contributed by atoms with Crippen LogP contribution in [0.15, 0.2) is 45.4 Å². The van der Waals surface area contributed by atoms with Gasteiger partial charge in [-0.2, -0.15) is 0 Å². The van der Waals surface area contributed by atoms with Gasteiger partial charge in [-0.15, -0.1) is 0 Å². The van der Waals surface area contributed by atoms with Crippen LogP contribution in [0.4, 0.5) is 0 Å². The zero-order chi connectivity index (χ0) is 17.1. The van der Waals surface area contributed by atoms with Gasteiger partial charge >= 0.3 is 0 Å². The molecule has 0 fully saturated rings. The van der Waals surface area contributed by atoms with E-state index in [0.29, 0.717) is 60.1 Å². The number of fused-ring (bicyclic) bond motifs is 2. The highest BCUT2D eigenvalue weighted by Crippen LogP contribution is 2.34. The van der Waals surface area contributed by atoms with Crippen molar-refractivity contribution in [3.05, 3.63) is 46.5 Å². The molecule has 3 rings (SSSR count). The molecule has 0 amide bonds. The third kappa shape index (κ3) is 2.86. The molecule has 7 nitrogen and oxygen atoms in total. The smallest absolute Gasteiger partial charge is 0.194 e. The molecule has 124 valence electrons. The van der Waals surface area contributed by atoms with Crippen molar-refractivity contribution < 1.29 is 9.90 Å². The number of nitrogens with one attached hydrogen (secondary N) is 1. The van der Waals surface area contributed by atoms with E-state index in [9.17, 15) is 9.90 Å². The highest BCUT2D eigenvalue weighted by molar-refractivity contribution is 6.32. The fourth-order valence-corrected chi connectivity index (χ4v) is 2.66. The second kappa shape index (κ2) is 6.77. The number of phenolic OH excluding ortho intramolecular Hbond substituents is 1. The number of nitrogens with zero attached hydrogens (tertiary/aromatic N) is 2. The molecule has 0 saturated heterocycles. The first-order chi connectivity index (χ1) is 11.7. The second-order valence-electron chi connectivity index (χ2n) is 5.38. The van der Waals surface area contributed by atoms with Gasteiger partial charge in [0.1, 0.15) is 17.4 Å². The van der Waals surface area contributed by atoms with E-state index < -0.39 is 0 Å². The van der Waals surface area contributed by atoms with Gasteiger partial charge in [0, 0.05) is 35.4 Å². The van der Waals surface area contributed by atoms with Crippen molar-refractivity contribution in [1.82, 2.24) is 5.32 Å². The number of hydrogen-bond donors (Lipinski definition) is 4.